The molecule has 308 valence electrons. The average Bonchev–Trinajstić information content (AvgIpc) is 3.11. The maximum absolute atomic E-state index is 12.2. The van der Waals surface area contributed by atoms with E-state index in [0.29, 0.717) is 6.61 Å². The van der Waals surface area contributed by atoms with Crippen LogP contribution >= 0.6 is 0 Å². The first-order valence-corrected chi connectivity index (χ1v) is 16.6. The summed E-state index contributed by atoms with van der Waals surface area (Å²) in [5, 5.41) is 27.4. The zero-order valence-corrected chi connectivity index (χ0v) is 32.0. The molecule has 20 nitrogen and oxygen atoms in total. The highest BCUT2D eigenvalue weighted by atomic mass is 16.9. The summed E-state index contributed by atoms with van der Waals surface area (Å²) in [5.41, 5.74) is -5.42. The minimum absolute atomic E-state index is 0.0278. The summed E-state index contributed by atoms with van der Waals surface area (Å²) in [6, 6.07) is 0. The molecule has 1 aliphatic heterocycles. The molecular formula is C33H56O20. The van der Waals surface area contributed by atoms with E-state index in [4.69, 9.17) is 43.4 Å². The third-order valence-corrected chi connectivity index (χ3v) is 7.18. The second-order valence-corrected chi connectivity index (χ2v) is 11.0. The summed E-state index contributed by atoms with van der Waals surface area (Å²) >= 11 is 0. The lowest BCUT2D eigenvalue weighted by atomic mass is 9.84. The van der Waals surface area contributed by atoms with Crippen LogP contribution in [-0.4, -0.2) is 163 Å². The van der Waals surface area contributed by atoms with Crippen LogP contribution in [-0.2, 0) is 80.9 Å². The lowest BCUT2D eigenvalue weighted by Crippen LogP contribution is -2.58. The number of carbonyl (C=O) groups is 7. The molecule has 0 aromatic heterocycles. The Morgan fingerprint density at radius 3 is 1.38 bits per heavy atom. The van der Waals surface area contributed by atoms with Crippen LogP contribution < -0.4 is 0 Å². The van der Waals surface area contributed by atoms with E-state index in [1.54, 1.807) is 41.5 Å². The normalized spacial score (nSPS) is 18.1. The summed E-state index contributed by atoms with van der Waals surface area (Å²) in [4.78, 5) is 81.5. The Morgan fingerprint density at radius 2 is 1.04 bits per heavy atom. The second-order valence-electron chi connectivity index (χ2n) is 11.0. The van der Waals surface area contributed by atoms with Crippen LogP contribution in [0.5, 0.6) is 0 Å². The molecule has 0 aromatic rings. The highest BCUT2D eigenvalue weighted by Gasteiger charge is 2.54. The van der Waals surface area contributed by atoms with Crippen molar-refractivity contribution in [2.24, 2.45) is 16.2 Å². The SMILES string of the molecule is CCOC(=O)C(CO)(CO)C(=O)COC.CCOC(=O)C(CO)(COC(C)=O)C(=O)OCC.CCOC(=O)C1(C(=O)COC)COC(C)(OCC)OC1. The third kappa shape index (κ3) is 15.0. The zero-order valence-electron chi connectivity index (χ0n) is 32.0. The molecule has 3 N–H and O–H groups in total. The van der Waals surface area contributed by atoms with Crippen LogP contribution in [0.3, 0.4) is 0 Å². The van der Waals surface area contributed by atoms with Crippen molar-refractivity contribution in [3.63, 3.8) is 0 Å². The molecule has 0 saturated carbocycles. The Kier molecular flexibility index (Phi) is 25.4. The third-order valence-electron chi connectivity index (χ3n) is 7.18. The predicted octanol–water partition coefficient (Wildman–Crippen LogP) is -1.10. The quantitative estimate of drug-likeness (QED) is 0.0709. The molecule has 0 bridgehead atoms. The van der Waals surface area contributed by atoms with Gasteiger partial charge in [0, 0.05) is 34.7 Å². The summed E-state index contributed by atoms with van der Waals surface area (Å²) in [5.74, 6) is -6.62. The largest absolute Gasteiger partial charge is 0.465 e. The number of Topliss-reactive ketones (excluding diaryl/α,β-unsaturated/α-hetero) is 2. The molecule has 53 heavy (non-hydrogen) atoms. The van der Waals surface area contributed by atoms with Crippen molar-refractivity contribution in [2.45, 2.75) is 54.4 Å². The van der Waals surface area contributed by atoms with Gasteiger partial charge in [0.25, 0.3) is 5.97 Å². The van der Waals surface area contributed by atoms with Gasteiger partial charge in [-0.1, -0.05) is 0 Å². The number of aliphatic hydroxyl groups is 3. The van der Waals surface area contributed by atoms with Crippen molar-refractivity contribution >= 4 is 41.4 Å². The number of hydrogen-bond acceptors (Lipinski definition) is 20. The maximum Gasteiger partial charge on any atom is 0.329 e. The Morgan fingerprint density at radius 1 is 0.623 bits per heavy atom. The van der Waals surface area contributed by atoms with Crippen LogP contribution in [0.2, 0.25) is 0 Å². The number of carbonyl (C=O) groups excluding carboxylic acids is 7. The first-order chi connectivity index (χ1) is 25.0. The fourth-order valence-electron chi connectivity index (χ4n) is 4.02. The standard InChI is InChI=1S/C13H22O7.C11H18O7.C9H16O6/c1-5-17-11(15)13(10(14)7-16-4)8-19-12(3,18-6-2)20-9-13;1-4-16-9(14)11(6-12,7-18-8(3)13)10(15)17-5-2;1-3-15-8(13)9(5-10,6-11)7(12)4-14-2/h5-9H2,1-4H3;12H,4-7H2,1-3H3;10-11H,3-6H2,1-2H3. The maximum atomic E-state index is 12.2. The van der Waals surface area contributed by atoms with Gasteiger partial charge in [0.1, 0.15) is 19.8 Å². The van der Waals surface area contributed by atoms with Crippen molar-refractivity contribution in [2.75, 3.05) is 100 Å². The molecule has 0 amide bonds. The summed E-state index contributed by atoms with van der Waals surface area (Å²) < 4.78 is 49.2. The Labute approximate surface area is 308 Å². The number of ether oxygens (including phenoxy) is 10. The molecule has 0 aliphatic carbocycles. The van der Waals surface area contributed by atoms with E-state index in [9.17, 15) is 38.7 Å². The van der Waals surface area contributed by atoms with Crippen LogP contribution in [0.25, 0.3) is 0 Å². The van der Waals surface area contributed by atoms with Crippen LogP contribution in [0.4, 0.5) is 0 Å². The molecule has 1 rings (SSSR count). The van der Waals surface area contributed by atoms with Crippen molar-refractivity contribution < 1.29 is 96.2 Å². The number of aliphatic hydroxyl groups excluding tert-OH is 3. The van der Waals surface area contributed by atoms with Crippen LogP contribution in [0, 0.1) is 16.2 Å². The average molecular weight is 773 g/mol. The smallest absolute Gasteiger partial charge is 0.329 e. The molecule has 1 saturated heterocycles. The first-order valence-electron chi connectivity index (χ1n) is 16.6. The van der Waals surface area contributed by atoms with Gasteiger partial charge in [-0.3, -0.25) is 33.6 Å². The molecule has 20 heteroatoms. The van der Waals surface area contributed by atoms with Crippen molar-refractivity contribution in [3.05, 3.63) is 0 Å². The molecule has 0 aromatic carbocycles. The predicted molar refractivity (Wildman–Crippen MR) is 177 cm³/mol. The molecule has 0 unspecified atom stereocenters. The summed E-state index contributed by atoms with van der Waals surface area (Å²) in [6.07, 6.45) is 0. The minimum atomic E-state index is -2.02. The number of esters is 5. The van der Waals surface area contributed by atoms with E-state index < -0.39 is 90.1 Å². The molecule has 0 radical (unpaired) electrons. The Bertz CT molecular complexity index is 1100. The molecule has 0 atom stereocenters. The Hall–Kier alpha value is -3.63. The zero-order chi connectivity index (χ0) is 41.3. The van der Waals surface area contributed by atoms with Crippen LogP contribution in [0.1, 0.15) is 48.5 Å². The molecule has 1 heterocycles. The van der Waals surface area contributed by atoms with Gasteiger partial charge < -0.3 is 62.7 Å². The molecule has 1 fully saturated rings. The first kappa shape index (κ1) is 51.5. The van der Waals surface area contributed by atoms with E-state index >= 15 is 0 Å². The van der Waals surface area contributed by atoms with Gasteiger partial charge >= 0.3 is 29.8 Å². The molecule has 1 aliphatic rings. The van der Waals surface area contributed by atoms with Crippen molar-refractivity contribution in [3.8, 4) is 0 Å². The van der Waals surface area contributed by atoms with Gasteiger partial charge in [0.05, 0.1) is 59.5 Å². The highest BCUT2D eigenvalue weighted by Crippen LogP contribution is 2.33. The fraction of sp³-hybridized carbons (Fsp3) is 0.788. The molecular weight excluding hydrogens is 716 g/mol. The van der Waals surface area contributed by atoms with Gasteiger partial charge in [-0.2, -0.15) is 0 Å². The molecule has 0 spiro atoms. The van der Waals surface area contributed by atoms with Gasteiger partial charge in [0.2, 0.25) is 5.41 Å². The van der Waals surface area contributed by atoms with E-state index in [-0.39, 0.29) is 52.9 Å². The van der Waals surface area contributed by atoms with Crippen molar-refractivity contribution in [1.29, 1.82) is 0 Å². The van der Waals surface area contributed by atoms with E-state index in [1.807, 2.05) is 0 Å². The lowest BCUT2D eigenvalue weighted by Gasteiger charge is -2.41. The number of rotatable bonds is 21. The number of hydrogen-bond donors (Lipinski definition) is 3. The Balaban J connectivity index is 0. The monoisotopic (exact) mass is 772 g/mol. The van der Waals surface area contributed by atoms with Crippen LogP contribution in [0.15, 0.2) is 0 Å². The number of ketones is 2. The topological polar surface area (TPSA) is 272 Å². The number of methoxy groups -OCH3 is 2. The van der Waals surface area contributed by atoms with E-state index in [0.717, 1.165) is 6.92 Å². The highest BCUT2D eigenvalue weighted by molar-refractivity contribution is 6.05. The summed E-state index contributed by atoms with van der Waals surface area (Å²) in [7, 11) is 2.66. The van der Waals surface area contributed by atoms with Gasteiger partial charge in [-0.15, -0.1) is 0 Å². The van der Waals surface area contributed by atoms with Gasteiger partial charge in [-0.05, 0) is 34.6 Å². The van der Waals surface area contributed by atoms with E-state index in [2.05, 4.69) is 14.2 Å². The second kappa shape index (κ2) is 26.2. The van der Waals surface area contributed by atoms with Gasteiger partial charge in [-0.25, -0.2) is 0 Å². The van der Waals surface area contributed by atoms with Gasteiger partial charge in [0.15, 0.2) is 22.4 Å². The fourth-order valence-corrected chi connectivity index (χ4v) is 4.02. The van der Waals surface area contributed by atoms with Crippen molar-refractivity contribution in [1.82, 2.24) is 0 Å². The van der Waals surface area contributed by atoms with E-state index in [1.165, 1.54) is 14.2 Å². The minimum Gasteiger partial charge on any atom is -0.465 e. The summed E-state index contributed by atoms with van der Waals surface area (Å²) in [6.45, 7) is 7.55. The lowest BCUT2D eigenvalue weighted by molar-refractivity contribution is -0.402.